The van der Waals surface area contributed by atoms with Crippen molar-refractivity contribution in [2.24, 2.45) is 0 Å². The molecule has 5 aromatic heterocycles. The van der Waals surface area contributed by atoms with Gasteiger partial charge in [-0.1, -0.05) is 176 Å². The van der Waals surface area contributed by atoms with Crippen LogP contribution < -0.4 is 0 Å². The second-order valence-electron chi connectivity index (χ2n) is 17.3. The molecule has 0 radical (unpaired) electrons. The van der Waals surface area contributed by atoms with E-state index in [4.69, 9.17) is 19.9 Å². The van der Waals surface area contributed by atoms with Gasteiger partial charge in [0, 0.05) is 46.2 Å². The Hall–Kier alpha value is -8.54. The van der Waals surface area contributed by atoms with Crippen molar-refractivity contribution in [3.8, 4) is 55.9 Å². The minimum Gasteiger partial charge on any atom is -0.292 e. The van der Waals surface area contributed by atoms with Crippen molar-refractivity contribution in [2.45, 2.75) is 25.7 Å². The summed E-state index contributed by atoms with van der Waals surface area (Å²) in [7, 11) is 0. The summed E-state index contributed by atoms with van der Waals surface area (Å²) in [6.07, 6.45) is 9.70. The minimum atomic E-state index is 0.882. The molecule has 0 bridgehead atoms. The molecular weight excluding hydrogens is 815 g/mol. The average Bonchev–Trinajstić information content (AvgIpc) is 3.80. The highest BCUT2D eigenvalue weighted by molar-refractivity contribution is 6.19. The number of para-hydroxylation sites is 3. The molecule has 67 heavy (non-hydrogen) atoms. The number of aromatic nitrogens is 5. The summed E-state index contributed by atoms with van der Waals surface area (Å²) in [4.78, 5) is 20.5. The first kappa shape index (κ1) is 40.0. The van der Waals surface area contributed by atoms with E-state index in [1.54, 1.807) is 0 Å². The predicted molar refractivity (Wildman–Crippen MR) is 276 cm³/mol. The fraction of sp³-hybridized carbons (Fsp3) is 0.0645. The van der Waals surface area contributed by atoms with Crippen LogP contribution in [-0.2, 0) is 25.7 Å². The average molecular weight is 860 g/mol. The number of nitrogens with zero attached hydrogens (tertiary/aromatic N) is 5. The Morgan fingerprint density at radius 3 is 1.49 bits per heavy atom. The van der Waals surface area contributed by atoms with Gasteiger partial charge in [0.15, 0.2) is 0 Å². The summed E-state index contributed by atoms with van der Waals surface area (Å²) in [6.45, 7) is 0. The monoisotopic (exact) mass is 859 g/mol. The third kappa shape index (κ3) is 7.70. The summed E-state index contributed by atoms with van der Waals surface area (Å²) < 4.78 is 2.32. The highest BCUT2D eigenvalue weighted by atomic mass is 15.0. The van der Waals surface area contributed by atoms with Crippen molar-refractivity contribution in [1.29, 1.82) is 0 Å². The number of aryl methyl sites for hydroxylation is 4. The molecule has 0 aliphatic carbocycles. The summed E-state index contributed by atoms with van der Waals surface area (Å²) in [5.74, 6) is 0. The Balaban J connectivity index is 0.984. The number of hydrogen-bond acceptors (Lipinski definition) is 4. The Bertz CT molecular complexity index is 3610. The first-order valence-corrected chi connectivity index (χ1v) is 23.1. The second kappa shape index (κ2) is 17.4. The quantitative estimate of drug-likeness (QED) is 0.122. The molecule has 0 aliphatic heterocycles. The molecule has 0 N–H and O–H groups in total. The van der Waals surface area contributed by atoms with Gasteiger partial charge < -0.3 is 0 Å². The number of fused-ring (bicyclic) bond motifs is 8. The maximum atomic E-state index is 5.37. The molecule has 318 valence electrons. The second-order valence-corrected chi connectivity index (χ2v) is 17.3. The Morgan fingerprint density at radius 2 is 0.881 bits per heavy atom. The Labute approximate surface area is 389 Å². The lowest BCUT2D eigenvalue weighted by molar-refractivity contribution is 0.923. The van der Waals surface area contributed by atoms with Crippen molar-refractivity contribution in [2.75, 3.05) is 0 Å². The van der Waals surface area contributed by atoms with E-state index in [-0.39, 0.29) is 0 Å². The molecule has 0 atom stereocenters. The minimum absolute atomic E-state index is 0.882. The van der Waals surface area contributed by atoms with Crippen molar-refractivity contribution >= 4 is 38.5 Å². The molecule has 5 heterocycles. The van der Waals surface area contributed by atoms with Crippen molar-refractivity contribution in [3.63, 3.8) is 0 Å². The molecule has 12 aromatic rings. The lowest BCUT2D eigenvalue weighted by Crippen LogP contribution is -2.00. The number of benzene rings is 7. The van der Waals surface area contributed by atoms with E-state index in [1.807, 2.05) is 24.5 Å². The van der Waals surface area contributed by atoms with Crippen molar-refractivity contribution < 1.29 is 0 Å². The lowest BCUT2D eigenvalue weighted by Gasteiger charge is -2.19. The highest BCUT2D eigenvalue weighted by Crippen LogP contribution is 2.45. The molecule has 5 nitrogen and oxygen atoms in total. The SMILES string of the molecule is c1ccc(-c2ccc(CCc3cc(CCc4ccc(-c5ccccc5)nc4)cc(-c4ccccc4-c4cnc5c6ccccc6n6c7ccccc7nc6c5c4-c4ccccc4)c3)cn2)cc1. The topological polar surface area (TPSA) is 56.0 Å². The summed E-state index contributed by atoms with van der Waals surface area (Å²) >= 11 is 0. The predicted octanol–water partition coefficient (Wildman–Crippen LogP) is 14.9. The number of rotatable bonds is 11. The first-order chi connectivity index (χ1) is 33.2. The summed E-state index contributed by atoms with van der Waals surface area (Å²) in [6, 6.07) is 73.3. The zero-order valence-electron chi connectivity index (χ0n) is 36.9. The maximum Gasteiger partial charge on any atom is 0.148 e. The van der Waals surface area contributed by atoms with Crippen LogP contribution >= 0.6 is 0 Å². The molecule has 12 rings (SSSR count). The zero-order valence-corrected chi connectivity index (χ0v) is 36.9. The molecule has 5 heteroatoms. The van der Waals surface area contributed by atoms with Gasteiger partial charge in [-0.3, -0.25) is 19.4 Å². The first-order valence-electron chi connectivity index (χ1n) is 23.1. The molecule has 0 saturated heterocycles. The standard InChI is InChI=1S/C62H45N5/c1-4-16-46(17-5-1)54-34-32-42(39-63-54)28-30-44-36-45(31-29-43-33-35-55(64-40-43)47-18-6-2-7-19-47)38-49(37-44)50-22-10-11-23-51(50)53-41-65-61-52-24-12-14-26-57(52)67-58-27-15-13-25-56(58)66-62(67)60(61)59(53)48-20-8-3-9-21-48/h1-27,32-41H,28-31H2. The zero-order chi connectivity index (χ0) is 44.5. The smallest absolute Gasteiger partial charge is 0.148 e. The van der Waals surface area contributed by atoms with E-state index in [9.17, 15) is 0 Å². The van der Waals surface area contributed by atoms with Gasteiger partial charge in [0.25, 0.3) is 0 Å². The number of hydrogen-bond donors (Lipinski definition) is 0. The molecular formula is C62H45N5. The third-order valence-electron chi connectivity index (χ3n) is 13.1. The fourth-order valence-electron chi connectivity index (χ4n) is 9.81. The van der Waals surface area contributed by atoms with Crippen LogP contribution in [0.2, 0.25) is 0 Å². The van der Waals surface area contributed by atoms with Crippen molar-refractivity contribution in [3.05, 3.63) is 247 Å². The van der Waals surface area contributed by atoms with Crippen LogP contribution in [0.4, 0.5) is 0 Å². The number of imidazole rings is 1. The molecule has 0 aliphatic rings. The van der Waals surface area contributed by atoms with E-state index >= 15 is 0 Å². The highest BCUT2D eigenvalue weighted by Gasteiger charge is 2.23. The van der Waals surface area contributed by atoms with Crippen LogP contribution in [0.1, 0.15) is 22.3 Å². The van der Waals surface area contributed by atoms with Crippen LogP contribution in [0, 0.1) is 0 Å². The van der Waals surface area contributed by atoms with Gasteiger partial charge >= 0.3 is 0 Å². The molecule has 0 unspecified atom stereocenters. The Morgan fingerprint density at radius 1 is 0.358 bits per heavy atom. The van der Waals surface area contributed by atoms with E-state index in [1.165, 1.54) is 27.8 Å². The largest absolute Gasteiger partial charge is 0.292 e. The summed E-state index contributed by atoms with van der Waals surface area (Å²) in [5, 5.41) is 2.14. The van der Waals surface area contributed by atoms with E-state index in [0.717, 1.165) is 115 Å². The van der Waals surface area contributed by atoms with Gasteiger partial charge in [-0.25, -0.2) is 4.98 Å². The molecule has 0 amide bonds. The Kier molecular flexibility index (Phi) is 10.4. The maximum absolute atomic E-state index is 5.37. The third-order valence-corrected chi connectivity index (χ3v) is 13.1. The van der Waals surface area contributed by atoms with Gasteiger partial charge in [-0.15, -0.1) is 0 Å². The van der Waals surface area contributed by atoms with Gasteiger partial charge in [-0.2, -0.15) is 0 Å². The lowest BCUT2D eigenvalue weighted by atomic mass is 9.87. The molecule has 0 spiro atoms. The van der Waals surface area contributed by atoms with Gasteiger partial charge in [0.2, 0.25) is 0 Å². The van der Waals surface area contributed by atoms with Crippen LogP contribution in [-0.4, -0.2) is 24.3 Å². The fourth-order valence-corrected chi connectivity index (χ4v) is 9.81. The van der Waals surface area contributed by atoms with Crippen molar-refractivity contribution in [1.82, 2.24) is 24.3 Å². The van der Waals surface area contributed by atoms with Crippen LogP contribution in [0.15, 0.2) is 225 Å². The van der Waals surface area contributed by atoms with Gasteiger partial charge in [-0.05, 0) is 101 Å². The van der Waals surface area contributed by atoms with Crippen LogP contribution in [0.25, 0.3) is 94.4 Å². The molecule has 7 aromatic carbocycles. The number of pyridine rings is 4. The summed E-state index contributed by atoms with van der Waals surface area (Å²) in [5.41, 5.74) is 21.0. The van der Waals surface area contributed by atoms with Gasteiger partial charge in [0.05, 0.1) is 38.8 Å². The van der Waals surface area contributed by atoms with Gasteiger partial charge in [0.1, 0.15) is 5.65 Å². The van der Waals surface area contributed by atoms with Crippen LogP contribution in [0.5, 0.6) is 0 Å². The van der Waals surface area contributed by atoms with E-state index in [2.05, 4.69) is 205 Å². The van der Waals surface area contributed by atoms with Crippen LogP contribution in [0.3, 0.4) is 0 Å². The normalized spacial score (nSPS) is 11.5. The molecule has 0 saturated carbocycles. The van der Waals surface area contributed by atoms with E-state index < -0.39 is 0 Å². The molecule has 0 fully saturated rings. The van der Waals surface area contributed by atoms with E-state index in [0.29, 0.717) is 0 Å².